The lowest BCUT2D eigenvalue weighted by Gasteiger charge is -2.35. The van der Waals surface area contributed by atoms with E-state index in [-0.39, 0.29) is 11.8 Å². The Balaban J connectivity index is 1.52. The molecule has 4 rings (SSSR count). The zero-order valence-corrected chi connectivity index (χ0v) is 17.7. The van der Waals surface area contributed by atoms with Gasteiger partial charge in [0.2, 0.25) is 5.91 Å². The number of aryl methyl sites for hydroxylation is 1. The number of likely N-dealkylation sites (tertiary alicyclic amines) is 1. The first-order valence-corrected chi connectivity index (χ1v) is 10.4. The number of rotatable bonds is 4. The van der Waals surface area contributed by atoms with Crippen LogP contribution in [0, 0.1) is 12.7 Å². The van der Waals surface area contributed by atoms with Gasteiger partial charge in [-0.1, -0.05) is 6.07 Å². The first kappa shape index (κ1) is 22.2. The number of amides is 1. The number of alkyl halides is 3. The summed E-state index contributed by atoms with van der Waals surface area (Å²) in [6.07, 6.45) is -1.96. The molecule has 1 saturated heterocycles. The molecule has 0 radical (unpaired) electrons. The van der Waals surface area contributed by atoms with Crippen molar-refractivity contribution in [3.05, 3.63) is 59.3 Å². The summed E-state index contributed by atoms with van der Waals surface area (Å²) < 4.78 is 54.4. The second kappa shape index (κ2) is 8.50. The summed E-state index contributed by atoms with van der Waals surface area (Å²) in [5.41, 5.74) is 0.742. The van der Waals surface area contributed by atoms with Gasteiger partial charge in [0.15, 0.2) is 5.65 Å². The summed E-state index contributed by atoms with van der Waals surface area (Å²) in [7, 11) is 0. The van der Waals surface area contributed by atoms with Crippen molar-refractivity contribution in [2.24, 2.45) is 0 Å². The number of anilines is 1. The Morgan fingerprint density at radius 2 is 2.00 bits per heavy atom. The van der Waals surface area contributed by atoms with Crippen LogP contribution in [0.1, 0.15) is 42.6 Å². The number of fused-ring (bicyclic) bond motifs is 1. The molecule has 0 aliphatic carbocycles. The van der Waals surface area contributed by atoms with Crippen molar-refractivity contribution in [3.8, 4) is 0 Å². The van der Waals surface area contributed by atoms with Crippen molar-refractivity contribution in [1.29, 1.82) is 0 Å². The maximum Gasteiger partial charge on any atom is 0.417 e. The minimum absolute atomic E-state index is 0.173. The first-order valence-electron chi connectivity index (χ1n) is 10.4. The van der Waals surface area contributed by atoms with Crippen molar-refractivity contribution in [2.45, 2.75) is 44.8 Å². The molecule has 1 aliphatic heterocycles. The number of nitrogens with zero attached hydrogens (tertiary/aromatic N) is 4. The SMILES string of the molecule is Cc1ccc(F)cc1NC(=O)C(C)N1CCCC(c2nnc3ccc(C(F)(F)F)cn23)C1. The zero-order valence-electron chi connectivity index (χ0n) is 17.7. The molecule has 2 unspecified atom stereocenters. The van der Waals surface area contributed by atoms with Gasteiger partial charge in [0, 0.05) is 24.3 Å². The molecule has 0 bridgehead atoms. The van der Waals surface area contributed by atoms with Crippen LogP contribution < -0.4 is 5.32 Å². The molecule has 1 aliphatic rings. The summed E-state index contributed by atoms with van der Waals surface area (Å²) in [4.78, 5) is 14.8. The van der Waals surface area contributed by atoms with Gasteiger partial charge in [-0.15, -0.1) is 10.2 Å². The number of piperidine rings is 1. The van der Waals surface area contributed by atoms with Crippen LogP contribution in [0.15, 0.2) is 36.5 Å². The van der Waals surface area contributed by atoms with Crippen LogP contribution in [0.5, 0.6) is 0 Å². The van der Waals surface area contributed by atoms with Gasteiger partial charge >= 0.3 is 6.18 Å². The smallest absolute Gasteiger partial charge is 0.324 e. The molecule has 2 aromatic heterocycles. The Morgan fingerprint density at radius 1 is 1.22 bits per heavy atom. The third-order valence-electron chi connectivity index (χ3n) is 5.96. The summed E-state index contributed by atoms with van der Waals surface area (Å²) in [6.45, 7) is 4.66. The van der Waals surface area contributed by atoms with Crippen molar-refractivity contribution in [2.75, 3.05) is 18.4 Å². The van der Waals surface area contributed by atoms with Crippen LogP contribution in [0.25, 0.3) is 5.65 Å². The number of pyridine rings is 1. The Morgan fingerprint density at radius 3 is 2.75 bits per heavy atom. The number of benzene rings is 1. The topological polar surface area (TPSA) is 62.5 Å². The number of nitrogens with one attached hydrogen (secondary N) is 1. The van der Waals surface area contributed by atoms with Gasteiger partial charge in [-0.25, -0.2) is 4.39 Å². The van der Waals surface area contributed by atoms with Gasteiger partial charge in [-0.2, -0.15) is 13.2 Å². The highest BCUT2D eigenvalue weighted by atomic mass is 19.4. The largest absolute Gasteiger partial charge is 0.417 e. The monoisotopic (exact) mass is 449 g/mol. The normalized spacial score (nSPS) is 18.6. The summed E-state index contributed by atoms with van der Waals surface area (Å²) in [5, 5.41) is 10.9. The molecule has 3 aromatic rings. The molecule has 3 heterocycles. The Kier molecular flexibility index (Phi) is 5.89. The molecule has 2 atom stereocenters. The number of hydrogen-bond donors (Lipinski definition) is 1. The van der Waals surface area contributed by atoms with E-state index in [2.05, 4.69) is 15.5 Å². The highest BCUT2D eigenvalue weighted by Gasteiger charge is 2.33. The van der Waals surface area contributed by atoms with E-state index in [9.17, 15) is 22.4 Å². The van der Waals surface area contributed by atoms with E-state index in [1.807, 2.05) is 4.90 Å². The Bertz CT molecular complexity index is 1140. The van der Waals surface area contributed by atoms with Crippen molar-refractivity contribution >= 4 is 17.2 Å². The predicted octanol–water partition coefficient (Wildman–Crippen LogP) is 4.40. The van der Waals surface area contributed by atoms with Crippen LogP contribution in [0.3, 0.4) is 0 Å². The van der Waals surface area contributed by atoms with Gasteiger partial charge in [0.25, 0.3) is 0 Å². The van der Waals surface area contributed by atoms with Crippen LogP contribution in [0.2, 0.25) is 0 Å². The fourth-order valence-electron chi connectivity index (χ4n) is 4.06. The van der Waals surface area contributed by atoms with Gasteiger partial charge in [0.05, 0.1) is 11.6 Å². The van der Waals surface area contributed by atoms with E-state index < -0.39 is 23.6 Å². The number of aromatic nitrogens is 3. The summed E-state index contributed by atoms with van der Waals surface area (Å²) in [6, 6.07) is 5.98. The second-order valence-corrected chi connectivity index (χ2v) is 8.16. The van der Waals surface area contributed by atoms with Gasteiger partial charge < -0.3 is 5.32 Å². The number of hydrogen-bond acceptors (Lipinski definition) is 4. The highest BCUT2D eigenvalue weighted by molar-refractivity contribution is 5.95. The van der Waals surface area contributed by atoms with E-state index in [0.717, 1.165) is 30.7 Å². The fourth-order valence-corrected chi connectivity index (χ4v) is 4.06. The van der Waals surface area contributed by atoms with E-state index >= 15 is 0 Å². The van der Waals surface area contributed by atoms with Gasteiger partial charge in [-0.3, -0.25) is 14.1 Å². The molecule has 0 spiro atoms. The van der Waals surface area contributed by atoms with Gasteiger partial charge in [-0.05, 0) is 63.1 Å². The minimum atomic E-state index is -4.46. The van der Waals surface area contributed by atoms with Crippen molar-refractivity contribution in [1.82, 2.24) is 19.5 Å². The van der Waals surface area contributed by atoms with Crippen LogP contribution >= 0.6 is 0 Å². The Labute approximate surface area is 182 Å². The summed E-state index contributed by atoms with van der Waals surface area (Å²) >= 11 is 0. The highest BCUT2D eigenvalue weighted by Crippen LogP contribution is 2.32. The van der Waals surface area contributed by atoms with Crippen molar-refractivity contribution < 1.29 is 22.4 Å². The van der Waals surface area contributed by atoms with E-state index in [1.54, 1.807) is 19.9 Å². The molecule has 32 heavy (non-hydrogen) atoms. The maximum atomic E-state index is 13.5. The quantitative estimate of drug-likeness (QED) is 0.600. The molecule has 1 fully saturated rings. The lowest BCUT2D eigenvalue weighted by molar-refractivity contribution is -0.137. The predicted molar refractivity (Wildman–Crippen MR) is 111 cm³/mol. The molecule has 1 N–H and O–H groups in total. The average molecular weight is 449 g/mol. The lowest BCUT2D eigenvalue weighted by atomic mass is 9.96. The number of halogens is 4. The van der Waals surface area contributed by atoms with Crippen molar-refractivity contribution in [3.63, 3.8) is 0 Å². The zero-order chi connectivity index (χ0) is 23.0. The molecule has 0 saturated carbocycles. The standard InChI is InChI=1S/C22H23F4N5O/c1-13-5-7-17(23)10-18(13)27-21(32)14(2)30-9-3-4-15(11-30)20-29-28-19-8-6-16(12-31(19)20)22(24,25)26/h5-8,10,12,14-15H,3-4,9,11H2,1-2H3,(H,27,32). The number of carbonyl (C=O) groups excluding carboxylic acids is 1. The fraction of sp³-hybridized carbons (Fsp3) is 0.409. The van der Waals surface area contributed by atoms with Gasteiger partial charge in [0.1, 0.15) is 11.6 Å². The van der Waals surface area contributed by atoms with Crippen LogP contribution in [-0.4, -0.2) is 44.5 Å². The first-order chi connectivity index (χ1) is 15.1. The van der Waals surface area contributed by atoms with E-state index in [0.29, 0.717) is 30.2 Å². The second-order valence-electron chi connectivity index (χ2n) is 8.16. The van der Waals surface area contributed by atoms with Crippen LogP contribution in [0.4, 0.5) is 23.2 Å². The van der Waals surface area contributed by atoms with E-state index in [1.165, 1.54) is 22.6 Å². The third kappa shape index (κ3) is 4.45. The molecule has 10 heteroatoms. The average Bonchev–Trinajstić information content (AvgIpc) is 3.18. The molecule has 1 amide bonds. The Hall–Kier alpha value is -3.01. The molecule has 6 nitrogen and oxygen atoms in total. The molecule has 170 valence electrons. The molecule has 1 aromatic carbocycles. The summed E-state index contributed by atoms with van der Waals surface area (Å²) in [5.74, 6) is -0.434. The maximum absolute atomic E-state index is 13.5. The molecular formula is C22H23F4N5O. The molecular weight excluding hydrogens is 426 g/mol. The number of carbonyl (C=O) groups is 1. The van der Waals surface area contributed by atoms with Crippen LogP contribution in [-0.2, 0) is 11.0 Å². The minimum Gasteiger partial charge on any atom is -0.324 e. The van der Waals surface area contributed by atoms with E-state index in [4.69, 9.17) is 0 Å². The lowest BCUT2D eigenvalue weighted by Crippen LogP contribution is -2.46. The third-order valence-corrected chi connectivity index (χ3v) is 5.96.